The lowest BCUT2D eigenvalue weighted by molar-refractivity contribution is 0.183. The molecule has 0 aliphatic rings. The summed E-state index contributed by atoms with van der Waals surface area (Å²) in [5, 5.41) is 1.52. The SMILES string of the molecule is CON(C)c1ncnc2nc(S(C)=O)sc12. The van der Waals surface area contributed by atoms with Crippen LogP contribution in [0.3, 0.4) is 0 Å². The quantitative estimate of drug-likeness (QED) is 0.759. The first-order valence-corrected chi connectivity index (χ1v) is 6.73. The van der Waals surface area contributed by atoms with Crippen molar-refractivity contribution < 1.29 is 9.05 Å². The second kappa shape index (κ2) is 4.40. The summed E-state index contributed by atoms with van der Waals surface area (Å²) in [6, 6.07) is 0. The number of hydroxylamine groups is 1. The van der Waals surface area contributed by atoms with E-state index in [0.29, 0.717) is 15.8 Å². The first-order chi connectivity index (χ1) is 7.63. The molecule has 0 aliphatic heterocycles. The summed E-state index contributed by atoms with van der Waals surface area (Å²) in [6.07, 6.45) is 3.00. The van der Waals surface area contributed by atoms with E-state index >= 15 is 0 Å². The second-order valence-electron chi connectivity index (χ2n) is 2.96. The van der Waals surface area contributed by atoms with Crippen molar-refractivity contribution in [3.8, 4) is 0 Å². The minimum atomic E-state index is -1.10. The van der Waals surface area contributed by atoms with Crippen molar-refractivity contribution in [2.45, 2.75) is 4.34 Å². The molecule has 0 saturated heterocycles. The van der Waals surface area contributed by atoms with Crippen LogP contribution in [0.5, 0.6) is 0 Å². The molecule has 86 valence electrons. The molecule has 1 atom stereocenters. The zero-order chi connectivity index (χ0) is 11.7. The molecular weight excluding hydrogens is 248 g/mol. The lowest BCUT2D eigenvalue weighted by atomic mass is 10.5. The molecule has 0 amide bonds. The van der Waals surface area contributed by atoms with Crippen molar-refractivity contribution >= 4 is 38.3 Å². The van der Waals surface area contributed by atoms with Gasteiger partial charge < -0.3 is 0 Å². The van der Waals surface area contributed by atoms with E-state index < -0.39 is 10.8 Å². The summed E-state index contributed by atoms with van der Waals surface area (Å²) in [4.78, 5) is 17.4. The fourth-order valence-electron chi connectivity index (χ4n) is 1.16. The maximum Gasteiger partial charge on any atom is 0.183 e. The van der Waals surface area contributed by atoms with Gasteiger partial charge in [0.2, 0.25) is 0 Å². The number of hydrogen-bond donors (Lipinski definition) is 0. The van der Waals surface area contributed by atoms with Gasteiger partial charge in [-0.15, -0.1) is 0 Å². The number of nitrogens with zero attached hydrogens (tertiary/aromatic N) is 4. The third-order valence-electron chi connectivity index (χ3n) is 1.97. The Labute approximate surface area is 98.7 Å². The highest BCUT2D eigenvalue weighted by molar-refractivity contribution is 7.86. The largest absolute Gasteiger partial charge is 0.276 e. The predicted molar refractivity (Wildman–Crippen MR) is 63.0 cm³/mol. The summed E-state index contributed by atoms with van der Waals surface area (Å²) in [5.74, 6) is 0.627. The van der Waals surface area contributed by atoms with E-state index in [4.69, 9.17) is 4.84 Å². The number of aromatic nitrogens is 3. The van der Waals surface area contributed by atoms with Crippen molar-refractivity contribution in [2.75, 3.05) is 25.5 Å². The molecule has 0 bridgehead atoms. The Kier molecular flexibility index (Phi) is 3.13. The Morgan fingerprint density at radius 1 is 1.50 bits per heavy atom. The lowest BCUT2D eigenvalue weighted by Crippen LogP contribution is -2.16. The third-order valence-corrected chi connectivity index (χ3v) is 4.34. The number of fused-ring (bicyclic) bond motifs is 1. The van der Waals surface area contributed by atoms with Gasteiger partial charge in [-0.2, -0.15) is 0 Å². The molecule has 2 heterocycles. The van der Waals surface area contributed by atoms with Crippen LogP contribution < -0.4 is 5.06 Å². The monoisotopic (exact) mass is 258 g/mol. The minimum Gasteiger partial charge on any atom is -0.276 e. The molecule has 0 fully saturated rings. The molecule has 0 aliphatic carbocycles. The van der Waals surface area contributed by atoms with Crippen molar-refractivity contribution in [1.82, 2.24) is 15.0 Å². The summed E-state index contributed by atoms with van der Waals surface area (Å²) in [7, 11) is 2.18. The van der Waals surface area contributed by atoms with Gasteiger partial charge in [0, 0.05) is 13.3 Å². The van der Waals surface area contributed by atoms with Gasteiger partial charge in [-0.1, -0.05) is 11.3 Å². The fourth-order valence-corrected chi connectivity index (χ4v) is 2.86. The molecule has 0 aromatic carbocycles. The van der Waals surface area contributed by atoms with E-state index in [2.05, 4.69) is 15.0 Å². The summed E-state index contributed by atoms with van der Waals surface area (Å²) in [6.45, 7) is 0. The van der Waals surface area contributed by atoms with Crippen LogP contribution in [0.25, 0.3) is 10.3 Å². The summed E-state index contributed by atoms with van der Waals surface area (Å²) in [5.41, 5.74) is 0.545. The van der Waals surface area contributed by atoms with E-state index in [1.165, 1.54) is 22.7 Å². The van der Waals surface area contributed by atoms with Crippen LogP contribution in [0.1, 0.15) is 0 Å². The number of anilines is 1. The Hall–Kier alpha value is -1.12. The van der Waals surface area contributed by atoms with Crippen molar-refractivity contribution in [3.63, 3.8) is 0 Å². The van der Waals surface area contributed by atoms with Crippen LogP contribution in [0.4, 0.5) is 5.82 Å². The average molecular weight is 258 g/mol. The average Bonchev–Trinajstić information content (AvgIpc) is 2.71. The second-order valence-corrected chi connectivity index (χ2v) is 5.52. The smallest absolute Gasteiger partial charge is 0.183 e. The molecular formula is C8H10N4O2S2. The van der Waals surface area contributed by atoms with Gasteiger partial charge in [-0.25, -0.2) is 20.0 Å². The first-order valence-electron chi connectivity index (χ1n) is 4.36. The lowest BCUT2D eigenvalue weighted by Gasteiger charge is -2.13. The van der Waals surface area contributed by atoms with E-state index in [9.17, 15) is 4.21 Å². The maximum atomic E-state index is 11.3. The first kappa shape index (κ1) is 11.4. The topological polar surface area (TPSA) is 68.2 Å². The van der Waals surface area contributed by atoms with Gasteiger partial charge >= 0.3 is 0 Å². The zero-order valence-electron chi connectivity index (χ0n) is 9.00. The molecule has 0 radical (unpaired) electrons. The molecule has 16 heavy (non-hydrogen) atoms. The molecule has 2 aromatic heterocycles. The maximum absolute atomic E-state index is 11.3. The Bertz CT molecular complexity index is 542. The molecule has 6 nitrogen and oxygen atoms in total. The molecule has 2 aromatic rings. The summed E-state index contributed by atoms with van der Waals surface area (Å²) >= 11 is 1.32. The third kappa shape index (κ3) is 1.91. The molecule has 1 unspecified atom stereocenters. The predicted octanol–water partition coefficient (Wildman–Crippen LogP) is 0.821. The van der Waals surface area contributed by atoms with Gasteiger partial charge in [0.15, 0.2) is 15.8 Å². The van der Waals surface area contributed by atoms with Crippen LogP contribution in [-0.4, -0.2) is 39.6 Å². The normalized spacial score (nSPS) is 12.9. The van der Waals surface area contributed by atoms with Gasteiger partial charge in [-0.3, -0.25) is 9.05 Å². The standard InChI is InChI=1S/C8H10N4O2S2/c1-12(14-2)7-5-6(9-4-10-7)11-8(15-5)16(3)13/h4H,1-3H3. The Morgan fingerprint density at radius 3 is 2.88 bits per heavy atom. The number of thiazole rings is 1. The fraction of sp³-hybridized carbons (Fsp3) is 0.375. The highest BCUT2D eigenvalue weighted by atomic mass is 32.2. The van der Waals surface area contributed by atoms with Crippen molar-refractivity contribution in [1.29, 1.82) is 0 Å². The van der Waals surface area contributed by atoms with Crippen LogP contribution in [0.15, 0.2) is 10.7 Å². The van der Waals surface area contributed by atoms with Gasteiger partial charge in [0.1, 0.15) is 11.0 Å². The minimum absolute atomic E-state index is 0.543. The van der Waals surface area contributed by atoms with Crippen LogP contribution in [-0.2, 0) is 15.6 Å². The van der Waals surface area contributed by atoms with E-state index in [0.717, 1.165) is 4.70 Å². The molecule has 2 rings (SSSR count). The molecule has 0 spiro atoms. The molecule has 0 N–H and O–H groups in total. The van der Waals surface area contributed by atoms with Crippen LogP contribution >= 0.6 is 11.3 Å². The van der Waals surface area contributed by atoms with Crippen LogP contribution in [0, 0.1) is 0 Å². The molecule has 8 heteroatoms. The van der Waals surface area contributed by atoms with E-state index in [1.54, 1.807) is 20.4 Å². The van der Waals surface area contributed by atoms with Gasteiger partial charge in [0.25, 0.3) is 0 Å². The van der Waals surface area contributed by atoms with Crippen LogP contribution in [0.2, 0.25) is 0 Å². The highest BCUT2D eigenvalue weighted by Gasteiger charge is 2.14. The van der Waals surface area contributed by atoms with E-state index in [1.807, 2.05) is 0 Å². The van der Waals surface area contributed by atoms with Gasteiger partial charge in [-0.05, 0) is 0 Å². The highest BCUT2D eigenvalue weighted by Crippen LogP contribution is 2.29. The zero-order valence-corrected chi connectivity index (χ0v) is 10.6. The van der Waals surface area contributed by atoms with Crippen molar-refractivity contribution in [3.05, 3.63) is 6.33 Å². The van der Waals surface area contributed by atoms with E-state index in [-0.39, 0.29) is 0 Å². The number of hydrogen-bond acceptors (Lipinski definition) is 7. The van der Waals surface area contributed by atoms with Gasteiger partial charge in [0.05, 0.1) is 17.9 Å². The van der Waals surface area contributed by atoms with Crippen molar-refractivity contribution in [2.24, 2.45) is 0 Å². The molecule has 0 saturated carbocycles. The Morgan fingerprint density at radius 2 is 2.25 bits per heavy atom. The number of rotatable bonds is 3. The summed E-state index contributed by atoms with van der Waals surface area (Å²) < 4.78 is 12.6. The Balaban J connectivity index is 2.63.